The summed E-state index contributed by atoms with van der Waals surface area (Å²) in [5, 5.41) is 0. The van der Waals surface area contributed by atoms with E-state index in [0.717, 1.165) is 24.1 Å². The number of carbonyl (C=O) groups excluding carboxylic acids is 1. The number of piperazine rings is 1. The molecule has 2 aromatic carbocycles. The van der Waals surface area contributed by atoms with E-state index in [2.05, 4.69) is 87.3 Å². The Morgan fingerprint density at radius 1 is 1.10 bits per heavy atom. The van der Waals surface area contributed by atoms with E-state index in [1.54, 1.807) is 0 Å². The standard InChI is InChI=1S/C24H31BrN2O2/c1-18-16-27(14-13-26(18)17-22(28)29-24(2,3)4)23(19-9-6-5-7-10-19)20-11-8-12-21(25)15-20/h5-12,15,18,23H,13-14,16-17H2,1-4H3. The Bertz CT molecular complexity index is 819. The predicted octanol–water partition coefficient (Wildman–Crippen LogP) is 4.89. The molecule has 0 radical (unpaired) electrons. The lowest BCUT2D eigenvalue weighted by Crippen LogP contribution is -2.54. The lowest BCUT2D eigenvalue weighted by atomic mass is 9.95. The van der Waals surface area contributed by atoms with Gasteiger partial charge in [-0.05, 0) is 51.0 Å². The lowest BCUT2D eigenvalue weighted by Gasteiger charge is -2.43. The van der Waals surface area contributed by atoms with Crippen LogP contribution in [0.3, 0.4) is 0 Å². The van der Waals surface area contributed by atoms with E-state index in [4.69, 9.17) is 4.74 Å². The van der Waals surface area contributed by atoms with Gasteiger partial charge in [-0.1, -0.05) is 58.4 Å². The highest BCUT2D eigenvalue weighted by molar-refractivity contribution is 9.10. The molecule has 1 aliphatic heterocycles. The molecular weight excluding hydrogens is 428 g/mol. The molecule has 1 fully saturated rings. The summed E-state index contributed by atoms with van der Waals surface area (Å²) in [7, 11) is 0. The molecule has 2 unspecified atom stereocenters. The maximum absolute atomic E-state index is 12.3. The van der Waals surface area contributed by atoms with Gasteiger partial charge in [0.15, 0.2) is 0 Å². The smallest absolute Gasteiger partial charge is 0.320 e. The normalized spacial score (nSPS) is 19.7. The maximum Gasteiger partial charge on any atom is 0.320 e. The molecule has 1 aliphatic rings. The average molecular weight is 459 g/mol. The molecule has 156 valence electrons. The highest BCUT2D eigenvalue weighted by Gasteiger charge is 2.32. The van der Waals surface area contributed by atoms with E-state index in [1.807, 2.05) is 20.8 Å². The van der Waals surface area contributed by atoms with Crippen molar-refractivity contribution in [2.75, 3.05) is 26.2 Å². The molecule has 0 N–H and O–H groups in total. The fraction of sp³-hybridized carbons (Fsp3) is 0.458. The maximum atomic E-state index is 12.3. The third kappa shape index (κ3) is 6.14. The molecule has 2 atom stereocenters. The van der Waals surface area contributed by atoms with Crippen LogP contribution >= 0.6 is 15.9 Å². The molecule has 0 spiro atoms. The minimum atomic E-state index is -0.443. The summed E-state index contributed by atoms with van der Waals surface area (Å²) in [5.74, 6) is -0.149. The quantitative estimate of drug-likeness (QED) is 0.597. The highest BCUT2D eigenvalue weighted by atomic mass is 79.9. The van der Waals surface area contributed by atoms with Crippen molar-refractivity contribution in [3.05, 3.63) is 70.2 Å². The van der Waals surface area contributed by atoms with Gasteiger partial charge in [-0.3, -0.25) is 14.6 Å². The minimum Gasteiger partial charge on any atom is -0.459 e. The van der Waals surface area contributed by atoms with Gasteiger partial charge in [0.2, 0.25) is 0 Å². The van der Waals surface area contributed by atoms with Crippen LogP contribution in [0.1, 0.15) is 44.9 Å². The Hall–Kier alpha value is -1.69. The second-order valence-electron chi connectivity index (χ2n) is 8.77. The van der Waals surface area contributed by atoms with Crippen molar-refractivity contribution in [3.63, 3.8) is 0 Å². The summed E-state index contributed by atoms with van der Waals surface area (Å²) in [6.07, 6.45) is 0. The number of rotatable bonds is 5. The molecule has 1 heterocycles. The Kier molecular flexibility index (Phi) is 7.14. The largest absolute Gasteiger partial charge is 0.459 e. The van der Waals surface area contributed by atoms with Gasteiger partial charge in [0.1, 0.15) is 5.60 Å². The van der Waals surface area contributed by atoms with Crippen molar-refractivity contribution in [1.82, 2.24) is 9.80 Å². The summed E-state index contributed by atoms with van der Waals surface area (Å²) >= 11 is 3.62. The topological polar surface area (TPSA) is 32.8 Å². The first-order chi connectivity index (χ1) is 13.7. The zero-order valence-corrected chi connectivity index (χ0v) is 19.4. The first kappa shape index (κ1) is 22.0. The molecule has 1 saturated heterocycles. The zero-order chi connectivity index (χ0) is 21.0. The van der Waals surface area contributed by atoms with Crippen LogP contribution in [-0.2, 0) is 9.53 Å². The second-order valence-corrected chi connectivity index (χ2v) is 9.68. The number of benzene rings is 2. The highest BCUT2D eigenvalue weighted by Crippen LogP contribution is 2.32. The van der Waals surface area contributed by atoms with Crippen LogP contribution in [0.25, 0.3) is 0 Å². The zero-order valence-electron chi connectivity index (χ0n) is 17.8. The second kappa shape index (κ2) is 9.41. The Morgan fingerprint density at radius 3 is 2.41 bits per heavy atom. The van der Waals surface area contributed by atoms with Crippen LogP contribution in [0.2, 0.25) is 0 Å². The number of carbonyl (C=O) groups is 1. The molecule has 5 heteroatoms. The van der Waals surface area contributed by atoms with Gasteiger partial charge >= 0.3 is 5.97 Å². The molecule has 0 aromatic heterocycles. The van der Waals surface area contributed by atoms with E-state index in [0.29, 0.717) is 6.54 Å². The number of hydrogen-bond acceptors (Lipinski definition) is 4. The molecule has 0 bridgehead atoms. The molecule has 0 amide bonds. The Morgan fingerprint density at radius 2 is 1.79 bits per heavy atom. The van der Waals surface area contributed by atoms with Gasteiger partial charge < -0.3 is 4.74 Å². The lowest BCUT2D eigenvalue weighted by molar-refractivity contribution is -0.157. The summed E-state index contributed by atoms with van der Waals surface area (Å²) in [6.45, 7) is 10.9. The van der Waals surface area contributed by atoms with Crippen LogP contribution < -0.4 is 0 Å². The summed E-state index contributed by atoms with van der Waals surface area (Å²) in [6, 6.07) is 19.7. The van der Waals surface area contributed by atoms with E-state index in [1.165, 1.54) is 11.1 Å². The summed E-state index contributed by atoms with van der Waals surface area (Å²) < 4.78 is 6.61. The molecule has 0 aliphatic carbocycles. The van der Waals surface area contributed by atoms with Crippen molar-refractivity contribution >= 4 is 21.9 Å². The molecule has 4 nitrogen and oxygen atoms in total. The van der Waals surface area contributed by atoms with Crippen LogP contribution in [0.15, 0.2) is 59.1 Å². The number of hydrogen-bond donors (Lipinski definition) is 0. The third-order valence-corrected chi connectivity index (χ3v) is 5.69. The van der Waals surface area contributed by atoms with Crippen LogP contribution in [-0.4, -0.2) is 53.6 Å². The van der Waals surface area contributed by atoms with Crippen molar-refractivity contribution < 1.29 is 9.53 Å². The number of esters is 1. The van der Waals surface area contributed by atoms with E-state index in [9.17, 15) is 4.79 Å². The minimum absolute atomic E-state index is 0.149. The van der Waals surface area contributed by atoms with Gasteiger partial charge in [-0.2, -0.15) is 0 Å². The van der Waals surface area contributed by atoms with E-state index < -0.39 is 5.60 Å². The fourth-order valence-corrected chi connectivity index (χ4v) is 4.38. The van der Waals surface area contributed by atoms with E-state index in [-0.39, 0.29) is 18.1 Å². The molecule has 2 aromatic rings. The van der Waals surface area contributed by atoms with Gasteiger partial charge in [0.05, 0.1) is 12.6 Å². The Labute approximate surface area is 183 Å². The first-order valence-electron chi connectivity index (χ1n) is 10.2. The summed E-state index contributed by atoms with van der Waals surface area (Å²) in [4.78, 5) is 17.0. The monoisotopic (exact) mass is 458 g/mol. The first-order valence-corrected chi connectivity index (χ1v) is 11.0. The van der Waals surface area contributed by atoms with Gasteiger partial charge in [0.25, 0.3) is 0 Å². The van der Waals surface area contributed by atoms with E-state index >= 15 is 0 Å². The Balaban J connectivity index is 1.75. The molecule has 0 saturated carbocycles. The van der Waals surface area contributed by atoms with Gasteiger partial charge in [-0.15, -0.1) is 0 Å². The third-order valence-electron chi connectivity index (χ3n) is 5.19. The number of nitrogens with zero attached hydrogens (tertiary/aromatic N) is 2. The fourth-order valence-electron chi connectivity index (χ4n) is 3.96. The van der Waals surface area contributed by atoms with Crippen molar-refractivity contribution in [1.29, 1.82) is 0 Å². The number of ether oxygens (including phenoxy) is 1. The van der Waals surface area contributed by atoms with Crippen LogP contribution in [0, 0.1) is 0 Å². The van der Waals surface area contributed by atoms with Gasteiger partial charge in [-0.25, -0.2) is 0 Å². The summed E-state index contributed by atoms with van der Waals surface area (Å²) in [5.41, 5.74) is 2.12. The molecular formula is C24H31BrN2O2. The van der Waals surface area contributed by atoms with Gasteiger partial charge in [0, 0.05) is 30.1 Å². The van der Waals surface area contributed by atoms with Crippen molar-refractivity contribution in [2.45, 2.75) is 45.4 Å². The molecule has 29 heavy (non-hydrogen) atoms. The average Bonchev–Trinajstić information content (AvgIpc) is 2.64. The molecule has 3 rings (SSSR count). The van der Waals surface area contributed by atoms with Crippen molar-refractivity contribution in [3.8, 4) is 0 Å². The number of halogens is 1. The van der Waals surface area contributed by atoms with Crippen LogP contribution in [0.4, 0.5) is 0 Å². The van der Waals surface area contributed by atoms with Crippen LogP contribution in [0.5, 0.6) is 0 Å². The SMILES string of the molecule is CC1CN(C(c2ccccc2)c2cccc(Br)c2)CCN1CC(=O)OC(C)(C)C. The van der Waals surface area contributed by atoms with Crippen molar-refractivity contribution in [2.24, 2.45) is 0 Å². The predicted molar refractivity (Wildman–Crippen MR) is 121 cm³/mol.